The lowest BCUT2D eigenvalue weighted by Crippen LogP contribution is -2.37. The van der Waals surface area contributed by atoms with Crippen molar-refractivity contribution in [1.82, 2.24) is 10.6 Å². The Balaban J connectivity index is 2.35. The number of hydrogen-bond acceptors (Lipinski definition) is 4. The van der Waals surface area contributed by atoms with E-state index in [1.807, 2.05) is 25.1 Å². The quantitative estimate of drug-likeness (QED) is 0.344. The van der Waals surface area contributed by atoms with Gasteiger partial charge in [-0.15, -0.1) is 0 Å². The maximum Gasteiger partial charge on any atom is 0.191 e. The van der Waals surface area contributed by atoms with Crippen LogP contribution >= 0.6 is 0 Å². The third-order valence-electron chi connectivity index (χ3n) is 3.61. The molecule has 0 aromatic heterocycles. The maximum atomic E-state index is 5.61. The number of benzene rings is 1. The van der Waals surface area contributed by atoms with E-state index in [1.165, 1.54) is 6.42 Å². The van der Waals surface area contributed by atoms with Crippen LogP contribution in [0.2, 0.25) is 0 Å². The van der Waals surface area contributed by atoms with Crippen LogP contribution in [0, 0.1) is 0 Å². The number of ether oxygens (including phenoxy) is 3. The monoisotopic (exact) mass is 351 g/mol. The second-order valence-corrected chi connectivity index (χ2v) is 5.59. The van der Waals surface area contributed by atoms with Gasteiger partial charge in [-0.25, -0.2) is 0 Å². The molecule has 1 aromatic rings. The van der Waals surface area contributed by atoms with E-state index >= 15 is 0 Å². The molecule has 0 heterocycles. The topological polar surface area (TPSA) is 64.1 Å². The first-order valence-corrected chi connectivity index (χ1v) is 9.07. The molecule has 0 radical (unpaired) electrons. The van der Waals surface area contributed by atoms with E-state index in [1.54, 1.807) is 14.2 Å². The summed E-state index contributed by atoms with van der Waals surface area (Å²) >= 11 is 0. The lowest BCUT2D eigenvalue weighted by molar-refractivity contribution is 0.129. The van der Waals surface area contributed by atoms with Crippen molar-refractivity contribution >= 4 is 5.96 Å². The zero-order chi connectivity index (χ0) is 18.3. The molecule has 0 aliphatic heterocycles. The highest BCUT2D eigenvalue weighted by molar-refractivity contribution is 5.79. The summed E-state index contributed by atoms with van der Waals surface area (Å²) in [5.74, 6) is 2.29. The van der Waals surface area contributed by atoms with E-state index < -0.39 is 0 Å². The van der Waals surface area contributed by atoms with Crippen LogP contribution in [0.3, 0.4) is 0 Å². The van der Waals surface area contributed by atoms with Crippen LogP contribution in [0.25, 0.3) is 0 Å². The Morgan fingerprint density at radius 2 is 1.88 bits per heavy atom. The van der Waals surface area contributed by atoms with Crippen LogP contribution in [0.4, 0.5) is 0 Å². The number of aliphatic imine (C=N–C) groups is 1. The van der Waals surface area contributed by atoms with Crippen LogP contribution in [-0.2, 0) is 11.3 Å². The summed E-state index contributed by atoms with van der Waals surface area (Å²) < 4.78 is 16.5. The highest BCUT2D eigenvalue weighted by Crippen LogP contribution is 2.27. The molecule has 25 heavy (non-hydrogen) atoms. The normalized spacial score (nSPS) is 11.3. The molecule has 0 amide bonds. The number of nitrogens with one attached hydrogen (secondary N) is 2. The fourth-order valence-electron chi connectivity index (χ4n) is 2.24. The highest BCUT2D eigenvalue weighted by Gasteiger charge is 2.06. The molecule has 0 saturated heterocycles. The molecule has 0 unspecified atom stereocenters. The predicted molar refractivity (Wildman–Crippen MR) is 103 cm³/mol. The van der Waals surface area contributed by atoms with Gasteiger partial charge >= 0.3 is 0 Å². The first kappa shape index (κ1) is 21.1. The van der Waals surface area contributed by atoms with Crippen molar-refractivity contribution in [2.75, 3.05) is 40.5 Å². The molecule has 2 N–H and O–H groups in total. The van der Waals surface area contributed by atoms with Gasteiger partial charge in [-0.05, 0) is 37.5 Å². The van der Waals surface area contributed by atoms with Crippen molar-refractivity contribution in [1.29, 1.82) is 0 Å². The number of hydrogen-bond donors (Lipinski definition) is 2. The molecular weight excluding hydrogens is 318 g/mol. The smallest absolute Gasteiger partial charge is 0.191 e. The number of unbranched alkanes of at least 4 members (excludes halogenated alkanes) is 1. The largest absolute Gasteiger partial charge is 0.493 e. The Labute approximate surface area is 152 Å². The third kappa shape index (κ3) is 8.63. The Hall–Kier alpha value is -1.95. The van der Waals surface area contributed by atoms with Gasteiger partial charge in [0.25, 0.3) is 0 Å². The van der Waals surface area contributed by atoms with Crippen molar-refractivity contribution in [3.05, 3.63) is 23.8 Å². The molecule has 0 spiro atoms. The molecular formula is C19H33N3O3. The van der Waals surface area contributed by atoms with Crippen LogP contribution in [0.15, 0.2) is 23.2 Å². The van der Waals surface area contributed by atoms with Crippen LogP contribution in [0.5, 0.6) is 11.5 Å². The summed E-state index contributed by atoms with van der Waals surface area (Å²) in [5, 5.41) is 6.60. The van der Waals surface area contributed by atoms with Crippen molar-refractivity contribution in [2.24, 2.45) is 4.99 Å². The first-order chi connectivity index (χ1) is 12.2. The number of rotatable bonds is 12. The summed E-state index contributed by atoms with van der Waals surface area (Å²) in [6.07, 6.45) is 3.26. The van der Waals surface area contributed by atoms with Crippen LogP contribution < -0.4 is 20.1 Å². The van der Waals surface area contributed by atoms with Crippen molar-refractivity contribution in [3.63, 3.8) is 0 Å². The number of methoxy groups -OCH3 is 1. The third-order valence-corrected chi connectivity index (χ3v) is 3.61. The fourth-order valence-corrected chi connectivity index (χ4v) is 2.24. The van der Waals surface area contributed by atoms with Gasteiger partial charge in [0.1, 0.15) is 0 Å². The van der Waals surface area contributed by atoms with E-state index in [0.29, 0.717) is 13.2 Å². The van der Waals surface area contributed by atoms with Crippen LogP contribution in [0.1, 0.15) is 38.7 Å². The van der Waals surface area contributed by atoms with Crippen molar-refractivity contribution in [3.8, 4) is 11.5 Å². The van der Waals surface area contributed by atoms with E-state index in [4.69, 9.17) is 14.2 Å². The number of nitrogens with zero attached hydrogens (tertiary/aromatic N) is 1. The van der Waals surface area contributed by atoms with Crippen molar-refractivity contribution in [2.45, 2.75) is 39.7 Å². The van der Waals surface area contributed by atoms with Gasteiger partial charge in [0.2, 0.25) is 0 Å². The van der Waals surface area contributed by atoms with Gasteiger partial charge in [0.15, 0.2) is 17.5 Å². The predicted octanol–water partition coefficient (Wildman–Crippen LogP) is 2.97. The second-order valence-electron chi connectivity index (χ2n) is 5.59. The molecule has 0 saturated carbocycles. The van der Waals surface area contributed by atoms with Gasteiger partial charge < -0.3 is 24.8 Å². The molecule has 142 valence electrons. The lowest BCUT2D eigenvalue weighted by atomic mass is 10.2. The zero-order valence-electron chi connectivity index (χ0n) is 16.1. The van der Waals surface area contributed by atoms with Gasteiger partial charge in [-0.1, -0.05) is 19.4 Å². The SMILES string of the molecule is CCCCOCCCNC(=NC)NCc1ccc(OC)c(OCC)c1. The zero-order valence-corrected chi connectivity index (χ0v) is 16.1. The standard InChI is InChI=1S/C19H33N3O3/c1-5-7-12-24-13-8-11-21-19(20-3)22-15-16-9-10-17(23-4)18(14-16)25-6-2/h9-10,14H,5-8,11-13,15H2,1-4H3,(H2,20,21,22). The van der Waals surface area contributed by atoms with Gasteiger partial charge in [0.05, 0.1) is 13.7 Å². The summed E-state index contributed by atoms with van der Waals surface area (Å²) in [5.41, 5.74) is 1.11. The minimum absolute atomic E-state index is 0.608. The summed E-state index contributed by atoms with van der Waals surface area (Å²) in [7, 11) is 3.42. The Morgan fingerprint density at radius 1 is 1.08 bits per heavy atom. The summed E-state index contributed by atoms with van der Waals surface area (Å²) in [4.78, 5) is 4.24. The molecule has 1 aromatic carbocycles. The van der Waals surface area contributed by atoms with Gasteiger partial charge in [0, 0.05) is 33.4 Å². The Morgan fingerprint density at radius 3 is 2.56 bits per heavy atom. The van der Waals surface area contributed by atoms with E-state index in [-0.39, 0.29) is 0 Å². The summed E-state index contributed by atoms with van der Waals surface area (Å²) in [6.45, 7) is 7.86. The van der Waals surface area contributed by atoms with Gasteiger partial charge in [-0.3, -0.25) is 4.99 Å². The minimum atomic E-state index is 0.608. The van der Waals surface area contributed by atoms with Crippen LogP contribution in [-0.4, -0.2) is 46.5 Å². The fraction of sp³-hybridized carbons (Fsp3) is 0.632. The first-order valence-electron chi connectivity index (χ1n) is 9.07. The van der Waals surface area contributed by atoms with Crippen molar-refractivity contribution < 1.29 is 14.2 Å². The highest BCUT2D eigenvalue weighted by atomic mass is 16.5. The van der Waals surface area contributed by atoms with E-state index in [0.717, 1.165) is 55.6 Å². The number of guanidine groups is 1. The lowest BCUT2D eigenvalue weighted by Gasteiger charge is -2.14. The molecule has 0 fully saturated rings. The Kier molecular flexibility index (Phi) is 11.3. The summed E-state index contributed by atoms with van der Waals surface area (Å²) in [6, 6.07) is 5.93. The Bertz CT molecular complexity index is 507. The molecule has 6 heteroatoms. The minimum Gasteiger partial charge on any atom is -0.493 e. The molecule has 0 aliphatic rings. The van der Waals surface area contributed by atoms with Gasteiger partial charge in [-0.2, -0.15) is 0 Å². The maximum absolute atomic E-state index is 5.61. The second kappa shape index (κ2) is 13.4. The molecule has 1 rings (SSSR count). The average molecular weight is 351 g/mol. The van der Waals surface area contributed by atoms with E-state index in [2.05, 4.69) is 22.5 Å². The average Bonchev–Trinajstić information content (AvgIpc) is 2.64. The molecule has 0 atom stereocenters. The molecule has 6 nitrogen and oxygen atoms in total. The van der Waals surface area contributed by atoms with E-state index in [9.17, 15) is 0 Å². The molecule has 0 aliphatic carbocycles. The molecule has 0 bridgehead atoms.